The minimum absolute atomic E-state index is 0. The average molecular weight is 356 g/mol. The first-order chi connectivity index (χ1) is 10.4. The van der Waals surface area contributed by atoms with Gasteiger partial charge in [-0.05, 0) is 60.2 Å². The van der Waals surface area contributed by atoms with Gasteiger partial charge in [0.15, 0.2) is 0 Å². The maximum atomic E-state index is 4.50. The van der Waals surface area contributed by atoms with Crippen LogP contribution >= 0.6 is 35.1 Å². The second-order valence-corrected chi connectivity index (χ2v) is 8.05. The summed E-state index contributed by atoms with van der Waals surface area (Å²) in [4.78, 5) is 7.17. The van der Waals surface area contributed by atoms with E-state index in [1.54, 1.807) is 22.7 Å². The molecule has 1 saturated heterocycles. The number of hydrogen-bond donors (Lipinski definition) is 1. The number of aromatic nitrogens is 1. The summed E-state index contributed by atoms with van der Waals surface area (Å²) in [7, 11) is 0. The molecule has 3 heterocycles. The molecule has 1 unspecified atom stereocenters. The smallest absolute Gasteiger partial charge is 0.107 e. The van der Waals surface area contributed by atoms with Gasteiger partial charge >= 0.3 is 0 Å². The highest BCUT2D eigenvalue weighted by atomic mass is 35.5. The molecule has 0 amide bonds. The van der Waals surface area contributed by atoms with Crippen molar-refractivity contribution in [2.75, 3.05) is 13.1 Å². The van der Waals surface area contributed by atoms with Gasteiger partial charge in [0.25, 0.3) is 0 Å². The van der Waals surface area contributed by atoms with Gasteiger partial charge in [0.05, 0.1) is 6.54 Å². The molecule has 2 aromatic heterocycles. The van der Waals surface area contributed by atoms with E-state index in [4.69, 9.17) is 0 Å². The first kappa shape index (κ1) is 16.4. The SMILES string of the molecule is Cl.c1csc(CN(Cc2ccsc2)C2CC23CCNCC3)n1. The zero-order chi connectivity index (χ0) is 14.1. The fourth-order valence-corrected chi connectivity index (χ4v) is 5.00. The maximum absolute atomic E-state index is 4.50. The van der Waals surface area contributed by atoms with E-state index in [0.29, 0.717) is 5.41 Å². The van der Waals surface area contributed by atoms with Gasteiger partial charge in [-0.15, -0.1) is 23.7 Å². The molecule has 120 valence electrons. The Morgan fingerprint density at radius 3 is 2.82 bits per heavy atom. The number of nitrogens with zero attached hydrogens (tertiary/aromatic N) is 2. The lowest BCUT2D eigenvalue weighted by atomic mass is 9.93. The van der Waals surface area contributed by atoms with Crippen LogP contribution in [0.2, 0.25) is 0 Å². The highest BCUT2D eigenvalue weighted by molar-refractivity contribution is 7.09. The Labute approximate surface area is 146 Å². The van der Waals surface area contributed by atoms with Crippen molar-refractivity contribution in [3.63, 3.8) is 0 Å². The molecule has 1 saturated carbocycles. The van der Waals surface area contributed by atoms with E-state index in [0.717, 1.165) is 19.1 Å². The zero-order valence-electron chi connectivity index (χ0n) is 12.5. The van der Waals surface area contributed by atoms with Gasteiger partial charge in [0.2, 0.25) is 0 Å². The van der Waals surface area contributed by atoms with Crippen LogP contribution in [0.1, 0.15) is 29.8 Å². The van der Waals surface area contributed by atoms with Crippen molar-refractivity contribution in [2.45, 2.75) is 38.4 Å². The Hall–Kier alpha value is -0.460. The normalized spacial score (nSPS) is 22.7. The van der Waals surface area contributed by atoms with E-state index in [2.05, 4.69) is 37.4 Å². The topological polar surface area (TPSA) is 28.2 Å². The van der Waals surface area contributed by atoms with E-state index >= 15 is 0 Å². The lowest BCUT2D eigenvalue weighted by Gasteiger charge is -2.29. The number of thiazole rings is 1. The Morgan fingerprint density at radius 1 is 1.27 bits per heavy atom. The minimum Gasteiger partial charge on any atom is -0.317 e. The van der Waals surface area contributed by atoms with Crippen LogP contribution in [0.3, 0.4) is 0 Å². The Kier molecular flexibility index (Phi) is 5.20. The molecule has 4 rings (SSSR count). The van der Waals surface area contributed by atoms with Crippen LogP contribution < -0.4 is 5.32 Å². The third kappa shape index (κ3) is 3.39. The number of piperidine rings is 1. The third-order valence-electron chi connectivity index (χ3n) is 4.97. The number of halogens is 1. The fraction of sp³-hybridized carbons (Fsp3) is 0.562. The first-order valence-corrected chi connectivity index (χ1v) is 9.52. The molecule has 1 aliphatic carbocycles. The summed E-state index contributed by atoms with van der Waals surface area (Å²) in [5.41, 5.74) is 2.05. The largest absolute Gasteiger partial charge is 0.317 e. The number of thiophene rings is 1. The zero-order valence-corrected chi connectivity index (χ0v) is 15.0. The van der Waals surface area contributed by atoms with E-state index in [9.17, 15) is 0 Å². The van der Waals surface area contributed by atoms with Gasteiger partial charge in [-0.1, -0.05) is 0 Å². The van der Waals surface area contributed by atoms with Crippen LogP contribution in [-0.4, -0.2) is 29.0 Å². The quantitative estimate of drug-likeness (QED) is 0.884. The van der Waals surface area contributed by atoms with Gasteiger partial charge < -0.3 is 5.32 Å². The molecule has 0 bridgehead atoms. The van der Waals surface area contributed by atoms with Crippen molar-refractivity contribution in [2.24, 2.45) is 5.41 Å². The van der Waals surface area contributed by atoms with Gasteiger partial charge in [-0.2, -0.15) is 11.3 Å². The molecule has 2 aliphatic rings. The van der Waals surface area contributed by atoms with Crippen molar-refractivity contribution >= 4 is 35.1 Å². The molecule has 1 spiro atoms. The maximum Gasteiger partial charge on any atom is 0.107 e. The van der Waals surface area contributed by atoms with Crippen LogP contribution in [0.4, 0.5) is 0 Å². The Morgan fingerprint density at radius 2 is 2.14 bits per heavy atom. The van der Waals surface area contributed by atoms with E-state index < -0.39 is 0 Å². The molecule has 1 atom stereocenters. The van der Waals surface area contributed by atoms with Crippen molar-refractivity contribution in [1.29, 1.82) is 0 Å². The van der Waals surface area contributed by atoms with Gasteiger partial charge in [0.1, 0.15) is 5.01 Å². The van der Waals surface area contributed by atoms with Crippen molar-refractivity contribution < 1.29 is 0 Å². The number of nitrogens with one attached hydrogen (secondary N) is 1. The molecule has 3 nitrogen and oxygen atoms in total. The minimum atomic E-state index is 0. The van der Waals surface area contributed by atoms with E-state index in [-0.39, 0.29) is 12.4 Å². The lowest BCUT2D eigenvalue weighted by molar-refractivity contribution is 0.188. The average Bonchev–Trinajstić information content (AvgIpc) is 2.96. The number of rotatable bonds is 5. The first-order valence-electron chi connectivity index (χ1n) is 7.70. The standard InChI is InChI=1S/C16H21N3S2.ClH/c1-7-20-12-13(1)10-19(11-15-18-6-8-21-15)14-9-16(14)2-4-17-5-3-16;/h1,6-8,12,14,17H,2-5,9-11H2;1H. The predicted octanol–water partition coefficient (Wildman–Crippen LogP) is 3.77. The molecule has 6 heteroatoms. The van der Waals surface area contributed by atoms with Gasteiger partial charge in [-0.25, -0.2) is 4.98 Å². The highest BCUT2D eigenvalue weighted by Gasteiger charge is 2.56. The van der Waals surface area contributed by atoms with Crippen molar-refractivity contribution in [3.05, 3.63) is 39.0 Å². The van der Waals surface area contributed by atoms with E-state index in [1.807, 2.05) is 6.20 Å². The molecule has 0 radical (unpaired) electrons. The summed E-state index contributed by atoms with van der Waals surface area (Å²) in [6.07, 6.45) is 5.99. The fourth-order valence-electron chi connectivity index (χ4n) is 3.70. The summed E-state index contributed by atoms with van der Waals surface area (Å²) >= 11 is 3.58. The van der Waals surface area contributed by atoms with Crippen LogP contribution in [-0.2, 0) is 13.1 Å². The summed E-state index contributed by atoms with van der Waals surface area (Å²) in [5, 5.41) is 11.3. The van der Waals surface area contributed by atoms with Crippen molar-refractivity contribution in [3.8, 4) is 0 Å². The molecule has 0 aromatic carbocycles. The summed E-state index contributed by atoms with van der Waals surface area (Å²) < 4.78 is 0. The van der Waals surface area contributed by atoms with Crippen LogP contribution in [0.15, 0.2) is 28.4 Å². The van der Waals surface area contributed by atoms with Crippen molar-refractivity contribution in [1.82, 2.24) is 15.2 Å². The molecule has 1 aliphatic heterocycles. The molecular weight excluding hydrogens is 334 g/mol. The highest BCUT2D eigenvalue weighted by Crippen LogP contribution is 2.56. The molecule has 2 aromatic rings. The van der Waals surface area contributed by atoms with Gasteiger partial charge in [-0.3, -0.25) is 4.90 Å². The predicted molar refractivity (Wildman–Crippen MR) is 95.9 cm³/mol. The van der Waals surface area contributed by atoms with E-state index in [1.165, 1.54) is 42.9 Å². The third-order valence-corrected chi connectivity index (χ3v) is 6.47. The second kappa shape index (κ2) is 6.97. The van der Waals surface area contributed by atoms with Crippen LogP contribution in [0.5, 0.6) is 0 Å². The summed E-state index contributed by atoms with van der Waals surface area (Å²) in [5.74, 6) is 0. The van der Waals surface area contributed by atoms with Crippen LogP contribution in [0, 0.1) is 5.41 Å². The molecular formula is C16H22ClN3S2. The van der Waals surface area contributed by atoms with Gasteiger partial charge in [0, 0.05) is 24.2 Å². The summed E-state index contributed by atoms with van der Waals surface area (Å²) in [6.45, 7) is 4.47. The Bertz CT molecular complexity index is 528. The van der Waals surface area contributed by atoms with Crippen LogP contribution in [0.25, 0.3) is 0 Å². The monoisotopic (exact) mass is 355 g/mol. The second-order valence-electron chi connectivity index (χ2n) is 6.29. The summed E-state index contributed by atoms with van der Waals surface area (Å²) in [6, 6.07) is 3.01. The Balaban J connectivity index is 0.00000144. The molecule has 1 N–H and O–H groups in total. The lowest BCUT2D eigenvalue weighted by Crippen LogP contribution is -2.35. The molecule has 2 fully saturated rings. The molecule has 22 heavy (non-hydrogen) atoms. The number of hydrogen-bond acceptors (Lipinski definition) is 5.